The summed E-state index contributed by atoms with van der Waals surface area (Å²) in [5.74, 6) is -0.333. The van der Waals surface area contributed by atoms with E-state index in [4.69, 9.17) is 4.74 Å². The molecule has 18 heavy (non-hydrogen) atoms. The summed E-state index contributed by atoms with van der Waals surface area (Å²) < 4.78 is 17.9. The second-order valence-electron chi connectivity index (χ2n) is 4.71. The molecule has 4 nitrogen and oxygen atoms in total. The minimum absolute atomic E-state index is 0.0483. The van der Waals surface area contributed by atoms with Gasteiger partial charge >= 0.3 is 6.09 Å². The molecule has 1 fully saturated rings. The molecule has 0 unspecified atom stereocenters. The second kappa shape index (κ2) is 5.35. The van der Waals surface area contributed by atoms with Gasteiger partial charge in [0.2, 0.25) is 0 Å². The van der Waals surface area contributed by atoms with Crippen molar-refractivity contribution in [1.29, 1.82) is 0 Å². The van der Waals surface area contributed by atoms with Crippen LogP contribution >= 0.6 is 0 Å². The number of rotatable bonds is 3. The van der Waals surface area contributed by atoms with Crippen LogP contribution in [0.1, 0.15) is 13.8 Å². The number of hydrogen-bond acceptors (Lipinski definition) is 3. The van der Waals surface area contributed by atoms with Gasteiger partial charge < -0.3 is 4.74 Å². The lowest BCUT2D eigenvalue weighted by Gasteiger charge is -2.40. The summed E-state index contributed by atoms with van der Waals surface area (Å²) in [7, 11) is 0. The third kappa shape index (κ3) is 3.20. The zero-order valence-electron chi connectivity index (χ0n) is 10.5. The molecule has 1 amide bonds. The fraction of sp³-hybridized carbons (Fsp3) is 0.462. The average molecular weight is 252 g/mol. The van der Waals surface area contributed by atoms with Gasteiger partial charge in [-0.2, -0.15) is 0 Å². The summed E-state index contributed by atoms with van der Waals surface area (Å²) in [5.41, 5.74) is 0.529. The van der Waals surface area contributed by atoms with Gasteiger partial charge in [0.15, 0.2) is 0 Å². The zero-order chi connectivity index (χ0) is 13.1. The van der Waals surface area contributed by atoms with E-state index >= 15 is 0 Å². The van der Waals surface area contributed by atoms with E-state index in [0.717, 1.165) is 13.1 Å². The van der Waals surface area contributed by atoms with Crippen LogP contribution in [0.4, 0.5) is 14.9 Å². The predicted octanol–water partition coefficient (Wildman–Crippen LogP) is 2.47. The normalized spacial score (nSPS) is 16.4. The van der Waals surface area contributed by atoms with Crippen molar-refractivity contribution in [3.8, 4) is 0 Å². The molecule has 1 N–H and O–H groups in total. The van der Waals surface area contributed by atoms with Gasteiger partial charge in [0.05, 0.1) is 0 Å². The summed E-state index contributed by atoms with van der Waals surface area (Å²) in [6.07, 6.45) is -0.539. The molecule has 0 saturated carbocycles. The number of hydrogen-bond donors (Lipinski definition) is 1. The molecule has 0 radical (unpaired) electrons. The lowest BCUT2D eigenvalue weighted by molar-refractivity contribution is -0.0234. The predicted molar refractivity (Wildman–Crippen MR) is 67.0 cm³/mol. The second-order valence-corrected chi connectivity index (χ2v) is 4.71. The summed E-state index contributed by atoms with van der Waals surface area (Å²) in [4.78, 5) is 13.7. The van der Waals surface area contributed by atoms with Gasteiger partial charge in [0, 0.05) is 24.8 Å². The fourth-order valence-corrected chi connectivity index (χ4v) is 1.80. The molecule has 1 saturated heterocycles. The SMILES string of the molecule is CC(C)N1CC(OC(=O)Nc2ccc(F)cc2)C1. The van der Waals surface area contributed by atoms with Crippen molar-refractivity contribution in [2.45, 2.75) is 26.0 Å². The summed E-state index contributed by atoms with van der Waals surface area (Å²) in [6, 6.07) is 6.05. The number of halogens is 1. The molecule has 1 aromatic carbocycles. The van der Waals surface area contributed by atoms with Gasteiger partial charge in [-0.15, -0.1) is 0 Å². The molecule has 0 bridgehead atoms. The van der Waals surface area contributed by atoms with E-state index in [1.807, 2.05) is 0 Å². The van der Waals surface area contributed by atoms with Gasteiger partial charge in [-0.1, -0.05) is 0 Å². The quantitative estimate of drug-likeness (QED) is 0.898. The first-order valence-corrected chi connectivity index (χ1v) is 6.02. The Bertz CT molecular complexity index is 414. The number of benzene rings is 1. The van der Waals surface area contributed by atoms with E-state index in [-0.39, 0.29) is 11.9 Å². The van der Waals surface area contributed by atoms with Crippen LogP contribution in [0.5, 0.6) is 0 Å². The molecule has 2 rings (SSSR count). The molecule has 5 heteroatoms. The third-order valence-corrected chi connectivity index (χ3v) is 2.97. The number of likely N-dealkylation sites (tertiary alicyclic amines) is 1. The van der Waals surface area contributed by atoms with Gasteiger partial charge in [-0.25, -0.2) is 9.18 Å². The molecule has 98 valence electrons. The van der Waals surface area contributed by atoms with Crippen molar-refractivity contribution in [3.05, 3.63) is 30.1 Å². The highest BCUT2D eigenvalue weighted by Gasteiger charge is 2.31. The van der Waals surface area contributed by atoms with E-state index in [0.29, 0.717) is 11.7 Å². The highest BCUT2D eigenvalue weighted by Crippen LogP contribution is 2.16. The van der Waals surface area contributed by atoms with Crippen LogP contribution in [0.15, 0.2) is 24.3 Å². The number of anilines is 1. The molecule has 1 aliphatic heterocycles. The third-order valence-electron chi connectivity index (χ3n) is 2.97. The summed E-state index contributed by atoms with van der Waals surface area (Å²) in [6.45, 7) is 5.76. The first-order chi connectivity index (χ1) is 8.54. The van der Waals surface area contributed by atoms with E-state index in [1.165, 1.54) is 24.3 Å². The van der Waals surface area contributed by atoms with Crippen LogP contribution in [0.3, 0.4) is 0 Å². The molecule has 0 atom stereocenters. The minimum Gasteiger partial charge on any atom is -0.443 e. The highest BCUT2D eigenvalue weighted by atomic mass is 19.1. The number of nitrogens with one attached hydrogen (secondary N) is 1. The van der Waals surface area contributed by atoms with E-state index in [9.17, 15) is 9.18 Å². The molecule has 1 aliphatic rings. The summed E-state index contributed by atoms with van der Waals surface area (Å²) >= 11 is 0. The van der Waals surface area contributed by atoms with Crippen LogP contribution in [-0.2, 0) is 4.74 Å². The Morgan fingerprint density at radius 2 is 2.00 bits per heavy atom. The molecular formula is C13H17FN2O2. The van der Waals surface area contributed by atoms with Crippen LogP contribution in [-0.4, -0.2) is 36.2 Å². The Hall–Kier alpha value is -1.62. The maximum atomic E-state index is 12.7. The first-order valence-electron chi connectivity index (χ1n) is 6.02. The smallest absolute Gasteiger partial charge is 0.411 e. The number of nitrogens with zero attached hydrogens (tertiary/aromatic N) is 1. The molecular weight excluding hydrogens is 235 g/mol. The number of carbonyl (C=O) groups is 1. The van der Waals surface area contributed by atoms with Crippen LogP contribution < -0.4 is 5.32 Å². The van der Waals surface area contributed by atoms with Crippen molar-refractivity contribution in [2.24, 2.45) is 0 Å². The topological polar surface area (TPSA) is 41.6 Å². The maximum absolute atomic E-state index is 12.7. The fourth-order valence-electron chi connectivity index (χ4n) is 1.80. The standard InChI is InChI=1S/C13H17FN2O2/c1-9(2)16-7-12(8-16)18-13(17)15-11-5-3-10(14)4-6-11/h3-6,9,12H,7-8H2,1-2H3,(H,15,17). The number of amides is 1. The van der Waals surface area contributed by atoms with Crippen molar-refractivity contribution in [2.75, 3.05) is 18.4 Å². The Balaban J connectivity index is 1.75. The Labute approximate surface area is 106 Å². The average Bonchev–Trinajstić information content (AvgIpc) is 2.25. The largest absolute Gasteiger partial charge is 0.443 e. The minimum atomic E-state index is -0.491. The number of carbonyl (C=O) groups excluding carboxylic acids is 1. The van der Waals surface area contributed by atoms with Crippen LogP contribution in [0.2, 0.25) is 0 Å². The summed E-state index contributed by atoms with van der Waals surface area (Å²) in [5, 5.41) is 2.57. The Morgan fingerprint density at radius 3 is 2.56 bits per heavy atom. The molecule has 1 heterocycles. The van der Waals surface area contributed by atoms with Crippen molar-refractivity contribution >= 4 is 11.8 Å². The van der Waals surface area contributed by atoms with E-state index in [2.05, 4.69) is 24.1 Å². The van der Waals surface area contributed by atoms with Crippen molar-refractivity contribution in [1.82, 2.24) is 4.90 Å². The Kier molecular flexibility index (Phi) is 3.81. The molecule has 0 aromatic heterocycles. The molecule has 0 spiro atoms. The van der Waals surface area contributed by atoms with Crippen LogP contribution in [0, 0.1) is 5.82 Å². The lowest BCUT2D eigenvalue weighted by atomic mass is 10.1. The van der Waals surface area contributed by atoms with Gasteiger partial charge in [-0.3, -0.25) is 10.2 Å². The van der Waals surface area contributed by atoms with E-state index < -0.39 is 6.09 Å². The Morgan fingerprint density at radius 1 is 1.39 bits per heavy atom. The number of ether oxygens (including phenoxy) is 1. The monoisotopic (exact) mass is 252 g/mol. The maximum Gasteiger partial charge on any atom is 0.411 e. The van der Waals surface area contributed by atoms with Gasteiger partial charge in [-0.05, 0) is 38.1 Å². The molecule has 0 aliphatic carbocycles. The molecule has 1 aromatic rings. The lowest BCUT2D eigenvalue weighted by Crippen LogP contribution is -2.55. The van der Waals surface area contributed by atoms with Crippen molar-refractivity contribution in [3.63, 3.8) is 0 Å². The zero-order valence-corrected chi connectivity index (χ0v) is 10.5. The van der Waals surface area contributed by atoms with Crippen LogP contribution in [0.25, 0.3) is 0 Å². The van der Waals surface area contributed by atoms with Gasteiger partial charge in [0.25, 0.3) is 0 Å². The van der Waals surface area contributed by atoms with Crippen molar-refractivity contribution < 1.29 is 13.9 Å². The van der Waals surface area contributed by atoms with E-state index in [1.54, 1.807) is 0 Å². The van der Waals surface area contributed by atoms with Gasteiger partial charge in [0.1, 0.15) is 11.9 Å². The first kappa shape index (κ1) is 12.8. The highest BCUT2D eigenvalue weighted by molar-refractivity contribution is 5.84.